The van der Waals surface area contributed by atoms with Crippen LogP contribution in [0.15, 0.2) is 47.8 Å². The standard InChI is InChI=1S/C21H27N3O2S/c1-14(2)19(23-20(25)18-9-6-10-27-18)21(26)24-12-16(11-22)17(13-24)15-7-4-3-5-8-15/h3-10,14,16-17,19H,11-13,22H2,1-2H3,(H,23,25)/t16-,17+,19?/m1/s1. The number of nitrogens with one attached hydrogen (secondary N) is 1. The fourth-order valence-electron chi connectivity index (χ4n) is 3.70. The summed E-state index contributed by atoms with van der Waals surface area (Å²) in [4.78, 5) is 28.2. The largest absolute Gasteiger partial charge is 0.340 e. The van der Waals surface area contributed by atoms with Crippen molar-refractivity contribution in [3.05, 3.63) is 58.3 Å². The van der Waals surface area contributed by atoms with Crippen LogP contribution in [0.3, 0.4) is 0 Å². The Balaban J connectivity index is 1.73. The summed E-state index contributed by atoms with van der Waals surface area (Å²) in [6.07, 6.45) is 0. The van der Waals surface area contributed by atoms with Crippen molar-refractivity contribution in [1.82, 2.24) is 10.2 Å². The van der Waals surface area contributed by atoms with Gasteiger partial charge in [0, 0.05) is 19.0 Å². The number of thiophene rings is 1. The Labute approximate surface area is 164 Å². The Bertz CT molecular complexity index is 761. The minimum Gasteiger partial charge on any atom is -0.340 e. The minimum atomic E-state index is -0.535. The highest BCUT2D eigenvalue weighted by Crippen LogP contribution is 2.32. The second-order valence-electron chi connectivity index (χ2n) is 7.43. The second kappa shape index (κ2) is 8.67. The topological polar surface area (TPSA) is 75.4 Å². The zero-order chi connectivity index (χ0) is 19.4. The summed E-state index contributed by atoms with van der Waals surface area (Å²) in [6, 6.07) is 13.3. The highest BCUT2D eigenvalue weighted by molar-refractivity contribution is 7.12. The van der Waals surface area contributed by atoms with E-state index < -0.39 is 6.04 Å². The van der Waals surface area contributed by atoms with Gasteiger partial charge in [-0.25, -0.2) is 0 Å². The van der Waals surface area contributed by atoms with Crippen molar-refractivity contribution in [3.63, 3.8) is 0 Å². The van der Waals surface area contributed by atoms with E-state index in [1.54, 1.807) is 6.07 Å². The average Bonchev–Trinajstić information content (AvgIpc) is 3.35. The summed E-state index contributed by atoms with van der Waals surface area (Å²) in [5, 5.41) is 4.79. The summed E-state index contributed by atoms with van der Waals surface area (Å²) in [6.45, 7) is 5.73. The molecule has 1 aromatic heterocycles. The molecule has 6 heteroatoms. The molecule has 27 heavy (non-hydrogen) atoms. The molecule has 0 aliphatic carbocycles. The van der Waals surface area contributed by atoms with Crippen LogP contribution in [0.25, 0.3) is 0 Å². The van der Waals surface area contributed by atoms with Gasteiger partial charge in [-0.15, -0.1) is 11.3 Å². The number of amides is 2. The SMILES string of the molecule is CC(C)C(NC(=O)c1cccs1)C(=O)N1C[C@@H](CN)[C@H](c2ccccc2)C1. The van der Waals surface area contributed by atoms with Crippen LogP contribution in [0.4, 0.5) is 0 Å². The third kappa shape index (κ3) is 4.39. The van der Waals surface area contributed by atoms with Crippen LogP contribution < -0.4 is 11.1 Å². The number of carbonyl (C=O) groups excluding carboxylic acids is 2. The molecule has 3 rings (SSSR count). The van der Waals surface area contributed by atoms with Crippen molar-refractivity contribution in [3.8, 4) is 0 Å². The molecule has 1 aliphatic heterocycles. The lowest BCUT2D eigenvalue weighted by molar-refractivity contribution is -0.133. The number of carbonyl (C=O) groups is 2. The Hall–Kier alpha value is -2.18. The molecule has 2 amide bonds. The molecule has 144 valence electrons. The predicted molar refractivity (Wildman–Crippen MR) is 109 cm³/mol. The first-order valence-corrected chi connectivity index (χ1v) is 10.3. The van der Waals surface area contributed by atoms with Gasteiger partial charge < -0.3 is 16.0 Å². The molecule has 3 N–H and O–H groups in total. The maximum atomic E-state index is 13.2. The summed E-state index contributed by atoms with van der Waals surface area (Å²) in [7, 11) is 0. The van der Waals surface area contributed by atoms with Crippen LogP contribution in [0, 0.1) is 11.8 Å². The van der Waals surface area contributed by atoms with E-state index in [9.17, 15) is 9.59 Å². The lowest BCUT2D eigenvalue weighted by Gasteiger charge is -2.27. The molecule has 0 spiro atoms. The number of nitrogens with zero attached hydrogens (tertiary/aromatic N) is 1. The zero-order valence-electron chi connectivity index (χ0n) is 15.8. The summed E-state index contributed by atoms with van der Waals surface area (Å²) in [5.41, 5.74) is 7.21. The van der Waals surface area contributed by atoms with Crippen LogP contribution in [0.2, 0.25) is 0 Å². The number of nitrogens with two attached hydrogens (primary N) is 1. The van der Waals surface area contributed by atoms with E-state index in [1.807, 2.05) is 48.4 Å². The van der Waals surface area contributed by atoms with Crippen LogP contribution in [-0.4, -0.2) is 42.4 Å². The van der Waals surface area contributed by atoms with Crippen molar-refractivity contribution in [2.24, 2.45) is 17.6 Å². The van der Waals surface area contributed by atoms with Gasteiger partial charge in [-0.1, -0.05) is 50.2 Å². The lowest BCUT2D eigenvalue weighted by atomic mass is 9.89. The Kier molecular flexibility index (Phi) is 6.29. The highest BCUT2D eigenvalue weighted by Gasteiger charge is 2.38. The number of benzene rings is 1. The molecule has 1 aromatic carbocycles. The minimum absolute atomic E-state index is 0.00788. The fourth-order valence-corrected chi connectivity index (χ4v) is 4.33. The molecule has 1 saturated heterocycles. The Morgan fingerprint density at radius 2 is 1.93 bits per heavy atom. The molecule has 1 fully saturated rings. The normalized spacial score (nSPS) is 20.7. The zero-order valence-corrected chi connectivity index (χ0v) is 16.6. The van der Waals surface area contributed by atoms with Crippen molar-refractivity contribution < 1.29 is 9.59 Å². The molecule has 3 atom stereocenters. The Morgan fingerprint density at radius 1 is 1.19 bits per heavy atom. The number of rotatable bonds is 6. The maximum absolute atomic E-state index is 13.2. The summed E-state index contributed by atoms with van der Waals surface area (Å²) < 4.78 is 0. The van der Waals surface area contributed by atoms with Gasteiger partial charge in [0.05, 0.1) is 4.88 Å². The van der Waals surface area contributed by atoms with Crippen molar-refractivity contribution in [1.29, 1.82) is 0 Å². The molecule has 5 nitrogen and oxygen atoms in total. The van der Waals surface area contributed by atoms with Crippen molar-refractivity contribution in [2.45, 2.75) is 25.8 Å². The first-order chi connectivity index (χ1) is 13.0. The van der Waals surface area contributed by atoms with E-state index in [-0.39, 0.29) is 29.6 Å². The molecule has 0 radical (unpaired) electrons. The van der Waals surface area contributed by atoms with Gasteiger partial charge in [-0.05, 0) is 35.4 Å². The Morgan fingerprint density at radius 3 is 2.52 bits per heavy atom. The third-order valence-corrected chi connectivity index (χ3v) is 6.12. The molecule has 0 bridgehead atoms. The second-order valence-corrected chi connectivity index (χ2v) is 8.38. The van der Waals surface area contributed by atoms with Gasteiger partial charge in [0.1, 0.15) is 6.04 Å². The van der Waals surface area contributed by atoms with Crippen LogP contribution in [0.5, 0.6) is 0 Å². The van der Waals surface area contributed by atoms with Gasteiger partial charge in [0.15, 0.2) is 0 Å². The molecule has 1 aliphatic rings. The van der Waals surface area contributed by atoms with E-state index in [4.69, 9.17) is 5.73 Å². The molecule has 0 saturated carbocycles. The quantitative estimate of drug-likeness (QED) is 0.803. The van der Waals surface area contributed by atoms with E-state index in [2.05, 4.69) is 17.4 Å². The van der Waals surface area contributed by atoms with E-state index >= 15 is 0 Å². The molecule has 2 heterocycles. The van der Waals surface area contributed by atoms with Crippen LogP contribution >= 0.6 is 11.3 Å². The van der Waals surface area contributed by atoms with Crippen molar-refractivity contribution >= 4 is 23.2 Å². The third-order valence-electron chi connectivity index (χ3n) is 5.25. The fraction of sp³-hybridized carbons (Fsp3) is 0.429. The number of hydrogen-bond acceptors (Lipinski definition) is 4. The monoisotopic (exact) mass is 385 g/mol. The van der Waals surface area contributed by atoms with Gasteiger partial charge in [-0.2, -0.15) is 0 Å². The maximum Gasteiger partial charge on any atom is 0.262 e. The van der Waals surface area contributed by atoms with E-state index in [0.717, 1.165) is 0 Å². The average molecular weight is 386 g/mol. The molecule has 1 unspecified atom stereocenters. The predicted octanol–water partition coefficient (Wildman–Crippen LogP) is 2.70. The smallest absolute Gasteiger partial charge is 0.262 e. The first-order valence-electron chi connectivity index (χ1n) is 9.39. The van der Waals surface area contributed by atoms with Gasteiger partial charge in [-0.3, -0.25) is 9.59 Å². The summed E-state index contributed by atoms with van der Waals surface area (Å²) in [5.74, 6) is 0.268. The lowest BCUT2D eigenvalue weighted by Crippen LogP contribution is -2.50. The number of likely N-dealkylation sites (tertiary alicyclic amines) is 1. The van der Waals surface area contributed by atoms with E-state index in [0.29, 0.717) is 24.5 Å². The summed E-state index contributed by atoms with van der Waals surface area (Å²) >= 11 is 1.38. The van der Waals surface area contributed by atoms with Gasteiger partial charge in [0.25, 0.3) is 5.91 Å². The van der Waals surface area contributed by atoms with Gasteiger partial charge >= 0.3 is 0 Å². The first kappa shape index (κ1) is 19.6. The number of hydrogen-bond donors (Lipinski definition) is 2. The van der Waals surface area contributed by atoms with Crippen LogP contribution in [-0.2, 0) is 4.79 Å². The highest BCUT2D eigenvalue weighted by atomic mass is 32.1. The van der Waals surface area contributed by atoms with E-state index in [1.165, 1.54) is 16.9 Å². The van der Waals surface area contributed by atoms with Crippen molar-refractivity contribution in [2.75, 3.05) is 19.6 Å². The van der Waals surface area contributed by atoms with Crippen LogP contribution in [0.1, 0.15) is 35.0 Å². The molecular formula is C21H27N3O2S. The van der Waals surface area contributed by atoms with Gasteiger partial charge in [0.2, 0.25) is 5.91 Å². The molecule has 2 aromatic rings. The molecular weight excluding hydrogens is 358 g/mol.